The van der Waals surface area contributed by atoms with Crippen molar-refractivity contribution < 1.29 is 9.47 Å². The summed E-state index contributed by atoms with van der Waals surface area (Å²) >= 11 is 6.19. The second-order valence-electron chi connectivity index (χ2n) is 4.06. The fraction of sp³-hybridized carbons (Fsp3) is 0.462. The van der Waals surface area contributed by atoms with E-state index in [4.69, 9.17) is 21.1 Å². The molecule has 5 heteroatoms. The largest absolute Gasteiger partial charge is 0.494 e. The zero-order valence-electron chi connectivity index (χ0n) is 10.8. The molecule has 0 bridgehead atoms. The van der Waals surface area contributed by atoms with E-state index in [9.17, 15) is 0 Å². The predicted octanol–water partition coefficient (Wildman–Crippen LogP) is 2.99. The van der Waals surface area contributed by atoms with Gasteiger partial charge in [0.1, 0.15) is 17.1 Å². The number of rotatable bonds is 5. The maximum absolute atomic E-state index is 6.19. The molecule has 4 nitrogen and oxygen atoms in total. The second-order valence-corrected chi connectivity index (χ2v) is 4.71. The third-order valence-electron chi connectivity index (χ3n) is 2.87. The summed E-state index contributed by atoms with van der Waals surface area (Å²) in [5.74, 6) is 1.61. The van der Waals surface area contributed by atoms with E-state index in [-0.39, 0.29) is 5.38 Å². The molecule has 18 heavy (non-hydrogen) atoms. The van der Waals surface area contributed by atoms with Crippen LogP contribution in [0, 0.1) is 0 Å². The maximum Gasteiger partial charge on any atom is 0.146 e. The Morgan fingerprint density at radius 1 is 1.39 bits per heavy atom. The minimum atomic E-state index is -0.154. The van der Waals surface area contributed by atoms with Gasteiger partial charge in [0, 0.05) is 13.7 Å². The second kappa shape index (κ2) is 5.59. The SMILES string of the molecule is COCCn1c(C(C)Cl)nc2c(OC)cccc21. The van der Waals surface area contributed by atoms with E-state index in [1.807, 2.05) is 25.1 Å². The lowest BCUT2D eigenvalue weighted by Gasteiger charge is -2.09. The van der Waals surface area contributed by atoms with E-state index < -0.39 is 0 Å². The first-order valence-corrected chi connectivity index (χ1v) is 6.28. The summed E-state index contributed by atoms with van der Waals surface area (Å²) in [7, 11) is 3.33. The summed E-state index contributed by atoms with van der Waals surface area (Å²) in [6.07, 6.45) is 0. The Balaban J connectivity index is 2.59. The van der Waals surface area contributed by atoms with Crippen molar-refractivity contribution in [2.45, 2.75) is 18.8 Å². The first-order chi connectivity index (χ1) is 8.69. The average Bonchev–Trinajstić information content (AvgIpc) is 2.75. The van der Waals surface area contributed by atoms with Crippen molar-refractivity contribution in [3.63, 3.8) is 0 Å². The number of benzene rings is 1. The molecule has 1 atom stereocenters. The normalized spacial score (nSPS) is 12.9. The van der Waals surface area contributed by atoms with Gasteiger partial charge in [0.2, 0.25) is 0 Å². The molecule has 0 saturated heterocycles. The number of hydrogen-bond acceptors (Lipinski definition) is 3. The van der Waals surface area contributed by atoms with Crippen LogP contribution in [0.2, 0.25) is 0 Å². The molecule has 0 amide bonds. The van der Waals surface area contributed by atoms with E-state index in [0.717, 1.165) is 29.2 Å². The predicted molar refractivity (Wildman–Crippen MR) is 72.4 cm³/mol. The number of nitrogens with zero attached hydrogens (tertiary/aromatic N) is 2. The van der Waals surface area contributed by atoms with Gasteiger partial charge >= 0.3 is 0 Å². The van der Waals surface area contributed by atoms with Crippen molar-refractivity contribution in [2.75, 3.05) is 20.8 Å². The Bertz CT molecular complexity index is 537. The molecular weight excluding hydrogens is 252 g/mol. The van der Waals surface area contributed by atoms with Gasteiger partial charge in [0.25, 0.3) is 0 Å². The van der Waals surface area contributed by atoms with Crippen LogP contribution in [0.25, 0.3) is 11.0 Å². The van der Waals surface area contributed by atoms with Crippen LogP contribution in [-0.2, 0) is 11.3 Å². The van der Waals surface area contributed by atoms with Crippen molar-refractivity contribution in [2.24, 2.45) is 0 Å². The minimum Gasteiger partial charge on any atom is -0.494 e. The Morgan fingerprint density at radius 2 is 2.17 bits per heavy atom. The zero-order valence-corrected chi connectivity index (χ0v) is 11.6. The first kappa shape index (κ1) is 13.2. The minimum absolute atomic E-state index is 0.154. The van der Waals surface area contributed by atoms with Gasteiger partial charge in [-0.2, -0.15) is 0 Å². The number of methoxy groups -OCH3 is 2. The van der Waals surface area contributed by atoms with Crippen LogP contribution in [0.1, 0.15) is 18.1 Å². The van der Waals surface area contributed by atoms with Gasteiger partial charge in [0.05, 0.1) is 24.6 Å². The Labute approximate surface area is 111 Å². The number of aromatic nitrogens is 2. The lowest BCUT2D eigenvalue weighted by molar-refractivity contribution is 0.187. The van der Waals surface area contributed by atoms with E-state index in [2.05, 4.69) is 9.55 Å². The quantitative estimate of drug-likeness (QED) is 0.782. The van der Waals surface area contributed by atoms with Crippen LogP contribution in [0.5, 0.6) is 5.75 Å². The number of alkyl halides is 1. The number of ether oxygens (including phenoxy) is 2. The van der Waals surface area contributed by atoms with E-state index >= 15 is 0 Å². The molecule has 0 radical (unpaired) electrons. The summed E-state index contributed by atoms with van der Waals surface area (Å²) in [5, 5.41) is -0.154. The van der Waals surface area contributed by atoms with Gasteiger partial charge in [-0.3, -0.25) is 0 Å². The highest BCUT2D eigenvalue weighted by Crippen LogP contribution is 2.29. The third-order valence-corrected chi connectivity index (χ3v) is 3.06. The van der Waals surface area contributed by atoms with Crippen LogP contribution >= 0.6 is 11.6 Å². The number of halogens is 1. The fourth-order valence-corrected chi connectivity index (χ4v) is 2.19. The number of imidazole rings is 1. The summed E-state index contributed by atoms with van der Waals surface area (Å²) < 4.78 is 12.5. The van der Waals surface area contributed by atoms with Crippen LogP contribution in [0.15, 0.2) is 18.2 Å². The Morgan fingerprint density at radius 3 is 2.78 bits per heavy atom. The summed E-state index contributed by atoms with van der Waals surface area (Å²) in [6.45, 7) is 3.27. The number of fused-ring (bicyclic) bond motifs is 1. The standard InChI is InChI=1S/C13H17ClN2O2/c1-9(14)13-15-12-10(16(13)7-8-17-2)5-4-6-11(12)18-3/h4-6,9H,7-8H2,1-3H3. The molecule has 0 aliphatic rings. The van der Waals surface area contributed by atoms with Gasteiger partial charge in [-0.05, 0) is 19.1 Å². The summed E-state index contributed by atoms with van der Waals surface area (Å²) in [6, 6.07) is 5.87. The van der Waals surface area contributed by atoms with Crippen LogP contribution in [0.4, 0.5) is 0 Å². The molecule has 0 aliphatic carbocycles. The molecule has 2 rings (SSSR count). The van der Waals surface area contributed by atoms with Gasteiger partial charge in [-0.1, -0.05) is 6.07 Å². The van der Waals surface area contributed by atoms with Crippen molar-refractivity contribution in [3.8, 4) is 5.75 Å². The monoisotopic (exact) mass is 268 g/mol. The van der Waals surface area contributed by atoms with Crippen molar-refractivity contribution in [3.05, 3.63) is 24.0 Å². The van der Waals surface area contributed by atoms with Crippen molar-refractivity contribution >= 4 is 22.6 Å². The molecule has 1 unspecified atom stereocenters. The molecular formula is C13H17ClN2O2. The van der Waals surface area contributed by atoms with Gasteiger partial charge < -0.3 is 14.0 Å². The highest BCUT2D eigenvalue weighted by molar-refractivity contribution is 6.20. The van der Waals surface area contributed by atoms with Crippen molar-refractivity contribution in [1.29, 1.82) is 0 Å². The number of hydrogen-bond donors (Lipinski definition) is 0. The highest BCUT2D eigenvalue weighted by atomic mass is 35.5. The van der Waals surface area contributed by atoms with Crippen LogP contribution < -0.4 is 4.74 Å². The topological polar surface area (TPSA) is 36.3 Å². The van der Waals surface area contributed by atoms with E-state index in [0.29, 0.717) is 6.61 Å². The van der Waals surface area contributed by atoms with Crippen LogP contribution in [0.3, 0.4) is 0 Å². The van der Waals surface area contributed by atoms with Gasteiger partial charge in [-0.25, -0.2) is 4.98 Å². The Kier molecular flexibility index (Phi) is 4.09. The Hall–Kier alpha value is -1.26. The molecule has 0 N–H and O–H groups in total. The lowest BCUT2D eigenvalue weighted by atomic mass is 10.3. The molecule has 0 aliphatic heterocycles. The molecule has 1 heterocycles. The average molecular weight is 269 g/mol. The van der Waals surface area contributed by atoms with E-state index in [1.165, 1.54) is 0 Å². The molecule has 0 spiro atoms. The fourth-order valence-electron chi connectivity index (χ4n) is 2.03. The molecule has 0 saturated carbocycles. The molecule has 0 fully saturated rings. The maximum atomic E-state index is 6.19. The summed E-state index contributed by atoms with van der Waals surface area (Å²) in [5.41, 5.74) is 1.87. The molecule has 1 aromatic heterocycles. The number of para-hydroxylation sites is 1. The van der Waals surface area contributed by atoms with Gasteiger partial charge in [0.15, 0.2) is 0 Å². The lowest BCUT2D eigenvalue weighted by Crippen LogP contribution is -2.08. The first-order valence-electron chi connectivity index (χ1n) is 5.85. The highest BCUT2D eigenvalue weighted by Gasteiger charge is 2.16. The summed E-state index contributed by atoms with van der Waals surface area (Å²) in [4.78, 5) is 4.59. The van der Waals surface area contributed by atoms with E-state index in [1.54, 1.807) is 14.2 Å². The van der Waals surface area contributed by atoms with Gasteiger partial charge in [-0.15, -0.1) is 11.6 Å². The zero-order chi connectivity index (χ0) is 13.1. The molecule has 2 aromatic rings. The smallest absolute Gasteiger partial charge is 0.146 e. The molecule has 1 aromatic carbocycles. The molecule has 98 valence electrons. The third kappa shape index (κ3) is 2.31. The van der Waals surface area contributed by atoms with Crippen molar-refractivity contribution in [1.82, 2.24) is 9.55 Å². The van der Waals surface area contributed by atoms with Crippen LogP contribution in [-0.4, -0.2) is 30.4 Å².